The first-order valence-corrected chi connectivity index (χ1v) is 7.30. The van der Waals surface area contributed by atoms with Gasteiger partial charge in [0.15, 0.2) is 0 Å². The predicted molar refractivity (Wildman–Crippen MR) is 81.1 cm³/mol. The molecule has 1 atom stereocenters. The van der Waals surface area contributed by atoms with Crippen LogP contribution in [0.1, 0.15) is 31.7 Å². The van der Waals surface area contributed by atoms with Gasteiger partial charge in [0.05, 0.1) is 18.4 Å². The molecule has 0 aliphatic carbocycles. The van der Waals surface area contributed by atoms with E-state index in [0.29, 0.717) is 11.6 Å². The number of nitriles is 1. The summed E-state index contributed by atoms with van der Waals surface area (Å²) in [6.07, 6.45) is 3.95. The molecule has 0 saturated carbocycles. The second-order valence-electron chi connectivity index (χ2n) is 5.35. The molecule has 1 unspecified atom stereocenters. The van der Waals surface area contributed by atoms with E-state index in [0.717, 1.165) is 18.0 Å². The lowest BCUT2D eigenvalue weighted by molar-refractivity contribution is 0.180. The second-order valence-corrected chi connectivity index (χ2v) is 5.35. The lowest BCUT2D eigenvalue weighted by atomic mass is 10.1. The van der Waals surface area contributed by atoms with Crippen molar-refractivity contribution in [1.82, 2.24) is 4.90 Å². The van der Waals surface area contributed by atoms with Crippen LogP contribution < -0.4 is 10.1 Å². The van der Waals surface area contributed by atoms with Crippen molar-refractivity contribution in [2.24, 2.45) is 0 Å². The van der Waals surface area contributed by atoms with Crippen LogP contribution in [0.3, 0.4) is 0 Å². The molecule has 0 spiro atoms. The predicted octanol–water partition coefficient (Wildman–Crippen LogP) is 2.85. The van der Waals surface area contributed by atoms with Crippen LogP contribution in [0.25, 0.3) is 0 Å². The Morgan fingerprint density at radius 2 is 2.10 bits per heavy atom. The fourth-order valence-corrected chi connectivity index (χ4v) is 2.64. The molecule has 1 aliphatic rings. The molecular weight excluding hydrogens is 250 g/mol. The highest BCUT2D eigenvalue weighted by molar-refractivity contribution is 5.60. The number of benzene rings is 1. The van der Waals surface area contributed by atoms with Crippen molar-refractivity contribution in [3.05, 3.63) is 23.8 Å². The Bertz CT molecular complexity index is 475. The monoisotopic (exact) mass is 273 g/mol. The number of nitrogens with one attached hydrogen (secondary N) is 1. The Hall–Kier alpha value is -1.73. The first-order valence-electron chi connectivity index (χ1n) is 7.30. The summed E-state index contributed by atoms with van der Waals surface area (Å²) in [5.41, 5.74) is 1.52. The largest absolute Gasteiger partial charge is 0.497 e. The smallest absolute Gasteiger partial charge is 0.121 e. The number of rotatable bonds is 5. The molecule has 0 amide bonds. The number of anilines is 1. The van der Waals surface area contributed by atoms with Gasteiger partial charge in [-0.2, -0.15) is 5.26 Å². The minimum atomic E-state index is 0.480. The Morgan fingerprint density at radius 3 is 2.75 bits per heavy atom. The number of hydrogen-bond acceptors (Lipinski definition) is 4. The van der Waals surface area contributed by atoms with Gasteiger partial charge in [-0.05, 0) is 45.0 Å². The molecule has 4 nitrogen and oxygen atoms in total. The van der Waals surface area contributed by atoms with E-state index in [1.54, 1.807) is 13.2 Å². The van der Waals surface area contributed by atoms with Crippen molar-refractivity contribution in [3.63, 3.8) is 0 Å². The van der Waals surface area contributed by atoms with E-state index in [1.165, 1.54) is 32.4 Å². The van der Waals surface area contributed by atoms with Gasteiger partial charge in [-0.1, -0.05) is 6.42 Å². The van der Waals surface area contributed by atoms with Gasteiger partial charge in [-0.15, -0.1) is 0 Å². The number of methoxy groups -OCH3 is 1. The number of piperidine rings is 1. The quantitative estimate of drug-likeness (QED) is 0.896. The van der Waals surface area contributed by atoms with Crippen molar-refractivity contribution in [3.8, 4) is 11.8 Å². The third-order valence-electron chi connectivity index (χ3n) is 3.95. The molecule has 1 heterocycles. The Balaban J connectivity index is 1.97. The van der Waals surface area contributed by atoms with E-state index >= 15 is 0 Å². The van der Waals surface area contributed by atoms with Crippen LogP contribution in [0, 0.1) is 11.3 Å². The molecule has 4 heteroatoms. The zero-order valence-corrected chi connectivity index (χ0v) is 12.4. The third kappa shape index (κ3) is 3.64. The highest BCUT2D eigenvalue weighted by Gasteiger charge is 2.16. The van der Waals surface area contributed by atoms with E-state index in [1.807, 2.05) is 12.1 Å². The summed E-state index contributed by atoms with van der Waals surface area (Å²) in [4.78, 5) is 2.52. The van der Waals surface area contributed by atoms with Crippen LogP contribution in [-0.2, 0) is 0 Å². The Kier molecular flexibility index (Phi) is 5.25. The van der Waals surface area contributed by atoms with E-state index in [2.05, 4.69) is 23.2 Å². The molecule has 1 aromatic rings. The van der Waals surface area contributed by atoms with E-state index in [-0.39, 0.29) is 0 Å². The van der Waals surface area contributed by atoms with Gasteiger partial charge in [-0.25, -0.2) is 0 Å². The molecule has 108 valence electrons. The van der Waals surface area contributed by atoms with Crippen LogP contribution >= 0.6 is 0 Å². The molecule has 1 fully saturated rings. The maximum Gasteiger partial charge on any atom is 0.121 e. The Labute approximate surface area is 121 Å². The molecule has 1 N–H and O–H groups in total. The summed E-state index contributed by atoms with van der Waals surface area (Å²) in [5.74, 6) is 0.775. The molecular formula is C16H23N3O. The van der Waals surface area contributed by atoms with Crippen molar-refractivity contribution in [1.29, 1.82) is 5.26 Å². The summed E-state index contributed by atoms with van der Waals surface area (Å²) < 4.78 is 5.22. The molecule has 0 radical (unpaired) electrons. The minimum Gasteiger partial charge on any atom is -0.497 e. The average Bonchev–Trinajstić information content (AvgIpc) is 2.53. The first-order chi connectivity index (χ1) is 9.74. The van der Waals surface area contributed by atoms with Crippen LogP contribution in [0.5, 0.6) is 5.75 Å². The standard InChI is InChI=1S/C16H23N3O/c1-13(19-8-4-3-5-9-19)12-18-16-10-15(20-2)7-6-14(16)11-17/h6-7,10,13,18H,3-5,8-9,12H2,1-2H3. The maximum atomic E-state index is 9.15. The van der Waals surface area contributed by atoms with Crippen LogP contribution in [-0.4, -0.2) is 37.7 Å². The number of likely N-dealkylation sites (tertiary alicyclic amines) is 1. The fraction of sp³-hybridized carbons (Fsp3) is 0.562. The van der Waals surface area contributed by atoms with Crippen molar-refractivity contribution < 1.29 is 4.74 Å². The molecule has 0 bridgehead atoms. The van der Waals surface area contributed by atoms with Crippen LogP contribution in [0.15, 0.2) is 18.2 Å². The van der Waals surface area contributed by atoms with Crippen molar-refractivity contribution in [2.45, 2.75) is 32.2 Å². The summed E-state index contributed by atoms with van der Waals surface area (Å²) >= 11 is 0. The molecule has 0 aromatic heterocycles. The van der Waals surface area contributed by atoms with Gasteiger partial charge >= 0.3 is 0 Å². The van der Waals surface area contributed by atoms with Gasteiger partial charge in [-0.3, -0.25) is 4.90 Å². The second kappa shape index (κ2) is 7.16. The van der Waals surface area contributed by atoms with E-state index < -0.39 is 0 Å². The summed E-state index contributed by atoms with van der Waals surface area (Å²) in [6, 6.07) is 8.20. The lowest BCUT2D eigenvalue weighted by Crippen LogP contribution is -2.41. The first kappa shape index (κ1) is 14.7. The van der Waals surface area contributed by atoms with E-state index in [9.17, 15) is 0 Å². The minimum absolute atomic E-state index is 0.480. The topological polar surface area (TPSA) is 48.3 Å². The van der Waals surface area contributed by atoms with E-state index in [4.69, 9.17) is 10.00 Å². The average molecular weight is 273 g/mol. The normalized spacial score (nSPS) is 17.2. The van der Waals surface area contributed by atoms with Gasteiger partial charge in [0.2, 0.25) is 0 Å². The number of ether oxygens (including phenoxy) is 1. The van der Waals surface area contributed by atoms with Gasteiger partial charge < -0.3 is 10.1 Å². The van der Waals surface area contributed by atoms with Gasteiger partial charge in [0, 0.05) is 18.7 Å². The van der Waals surface area contributed by atoms with Gasteiger partial charge in [0.1, 0.15) is 11.8 Å². The molecule has 20 heavy (non-hydrogen) atoms. The Morgan fingerprint density at radius 1 is 1.35 bits per heavy atom. The fourth-order valence-electron chi connectivity index (χ4n) is 2.64. The summed E-state index contributed by atoms with van der Waals surface area (Å²) in [5, 5.41) is 12.5. The SMILES string of the molecule is COc1ccc(C#N)c(NCC(C)N2CCCCC2)c1. The number of nitrogens with zero attached hydrogens (tertiary/aromatic N) is 2. The van der Waals surface area contributed by atoms with Crippen molar-refractivity contribution in [2.75, 3.05) is 32.1 Å². The highest BCUT2D eigenvalue weighted by atomic mass is 16.5. The molecule has 2 rings (SSSR count). The van der Waals surface area contributed by atoms with Crippen LogP contribution in [0.4, 0.5) is 5.69 Å². The van der Waals surface area contributed by atoms with Gasteiger partial charge in [0.25, 0.3) is 0 Å². The molecule has 1 saturated heterocycles. The van der Waals surface area contributed by atoms with Crippen LogP contribution in [0.2, 0.25) is 0 Å². The zero-order valence-electron chi connectivity index (χ0n) is 12.4. The molecule has 1 aliphatic heterocycles. The number of hydrogen-bond donors (Lipinski definition) is 1. The lowest BCUT2D eigenvalue weighted by Gasteiger charge is -2.32. The highest BCUT2D eigenvalue weighted by Crippen LogP contribution is 2.22. The zero-order chi connectivity index (χ0) is 14.4. The maximum absolute atomic E-state index is 9.15. The summed E-state index contributed by atoms with van der Waals surface area (Å²) in [6.45, 7) is 5.46. The third-order valence-corrected chi connectivity index (χ3v) is 3.95. The van der Waals surface area contributed by atoms with Crippen molar-refractivity contribution >= 4 is 5.69 Å². The molecule has 1 aromatic carbocycles. The summed E-state index contributed by atoms with van der Waals surface area (Å²) in [7, 11) is 1.64.